The van der Waals surface area contributed by atoms with Crippen LogP contribution in [0.1, 0.15) is 38.8 Å². The van der Waals surface area contributed by atoms with Crippen molar-refractivity contribution in [3.8, 4) is 0 Å². The zero-order chi connectivity index (χ0) is 23.3. The summed E-state index contributed by atoms with van der Waals surface area (Å²) in [5.74, 6) is -0.750. The molecule has 166 valence electrons. The molecule has 0 fully saturated rings. The molecule has 0 aliphatic rings. The number of hydrogen-bond acceptors (Lipinski definition) is 4. The van der Waals surface area contributed by atoms with Crippen LogP contribution < -0.4 is 5.32 Å². The molecule has 31 heavy (non-hydrogen) atoms. The normalized spacial score (nSPS) is 12.2. The summed E-state index contributed by atoms with van der Waals surface area (Å²) in [6.07, 6.45) is -0.217. The Morgan fingerprint density at radius 3 is 2.35 bits per heavy atom. The van der Waals surface area contributed by atoms with Crippen LogP contribution in [-0.4, -0.2) is 33.2 Å². The van der Waals surface area contributed by atoms with Gasteiger partial charge in [0.15, 0.2) is 0 Å². The number of benzene rings is 2. The molecule has 7 nitrogen and oxygen atoms in total. The summed E-state index contributed by atoms with van der Waals surface area (Å²) in [5.41, 5.74) is 0.333. The molecule has 0 spiro atoms. The number of nitrogens with zero attached hydrogens (tertiary/aromatic N) is 2. The smallest absolute Gasteiger partial charge is 0.273 e. The zero-order valence-corrected chi connectivity index (χ0v) is 19.3. The van der Waals surface area contributed by atoms with E-state index in [0.29, 0.717) is 15.6 Å². The molecule has 1 N–H and O–H groups in total. The van der Waals surface area contributed by atoms with E-state index in [2.05, 4.69) is 5.32 Å². The predicted octanol–water partition coefficient (Wildman–Crippen LogP) is 4.78. The van der Waals surface area contributed by atoms with E-state index >= 15 is 0 Å². The van der Waals surface area contributed by atoms with Crippen molar-refractivity contribution in [1.82, 2.24) is 10.2 Å². The number of para-hydroxylation sites is 1. The van der Waals surface area contributed by atoms with Crippen LogP contribution in [0, 0.1) is 10.1 Å². The first kappa shape index (κ1) is 24.6. The molecule has 0 bridgehead atoms. The summed E-state index contributed by atoms with van der Waals surface area (Å²) in [4.78, 5) is 38.2. The number of nitro benzene ring substituents is 1. The van der Waals surface area contributed by atoms with Crippen LogP contribution in [-0.2, 0) is 22.6 Å². The molecule has 0 aliphatic carbocycles. The lowest BCUT2D eigenvalue weighted by molar-refractivity contribution is -0.385. The molecule has 1 unspecified atom stereocenters. The minimum atomic E-state index is -0.816. The monoisotopic (exact) mass is 465 g/mol. The van der Waals surface area contributed by atoms with Crippen molar-refractivity contribution in [2.45, 2.75) is 52.2 Å². The molecule has 0 radical (unpaired) electrons. The number of carbonyl (C=O) groups is 2. The summed E-state index contributed by atoms with van der Waals surface area (Å²) in [6, 6.07) is 10.2. The minimum Gasteiger partial charge on any atom is -0.350 e. The number of amides is 2. The van der Waals surface area contributed by atoms with E-state index in [1.54, 1.807) is 37.3 Å². The van der Waals surface area contributed by atoms with Crippen LogP contribution >= 0.6 is 23.2 Å². The lowest BCUT2D eigenvalue weighted by Gasteiger charge is -2.31. The van der Waals surface area contributed by atoms with Crippen molar-refractivity contribution < 1.29 is 14.5 Å². The van der Waals surface area contributed by atoms with Gasteiger partial charge in [-0.25, -0.2) is 0 Å². The fourth-order valence-electron chi connectivity index (χ4n) is 2.99. The van der Waals surface area contributed by atoms with Gasteiger partial charge in [0.1, 0.15) is 6.04 Å². The molecule has 1 atom stereocenters. The molecule has 0 saturated heterocycles. The summed E-state index contributed by atoms with van der Waals surface area (Å²) in [5, 5.41) is 14.9. The van der Waals surface area contributed by atoms with Gasteiger partial charge in [-0.15, -0.1) is 0 Å². The lowest BCUT2D eigenvalue weighted by Crippen LogP contribution is -2.52. The second kappa shape index (κ2) is 10.1. The van der Waals surface area contributed by atoms with Gasteiger partial charge >= 0.3 is 0 Å². The van der Waals surface area contributed by atoms with Gasteiger partial charge in [0.2, 0.25) is 11.8 Å². The Balaban J connectivity index is 2.36. The van der Waals surface area contributed by atoms with Gasteiger partial charge < -0.3 is 10.2 Å². The highest BCUT2D eigenvalue weighted by atomic mass is 35.5. The van der Waals surface area contributed by atoms with Gasteiger partial charge in [0, 0.05) is 23.7 Å². The van der Waals surface area contributed by atoms with E-state index in [4.69, 9.17) is 23.2 Å². The molecule has 0 heterocycles. The summed E-state index contributed by atoms with van der Waals surface area (Å²) in [7, 11) is 0. The summed E-state index contributed by atoms with van der Waals surface area (Å²) in [6.45, 7) is 7.24. The predicted molar refractivity (Wildman–Crippen MR) is 121 cm³/mol. The average Bonchev–Trinajstić information content (AvgIpc) is 2.67. The maximum atomic E-state index is 13.2. The number of hydrogen-bond donors (Lipinski definition) is 1. The second-order valence-corrected chi connectivity index (χ2v) is 9.06. The van der Waals surface area contributed by atoms with E-state index in [9.17, 15) is 19.7 Å². The highest BCUT2D eigenvalue weighted by molar-refractivity contribution is 6.42. The first-order valence-corrected chi connectivity index (χ1v) is 10.4. The van der Waals surface area contributed by atoms with Gasteiger partial charge in [0.25, 0.3) is 5.69 Å². The Labute approximate surface area is 191 Å². The standard InChI is InChI=1S/C22H25Cl2N3O4/c1-14(21(29)25-22(2,3)4)26(13-15-9-10-17(23)18(24)11-15)20(28)12-16-7-5-6-8-19(16)27(30)31/h5-11,14H,12-13H2,1-4H3,(H,25,29). The number of rotatable bonds is 7. The van der Waals surface area contributed by atoms with Gasteiger partial charge in [0.05, 0.1) is 21.4 Å². The number of nitro groups is 1. The zero-order valence-electron chi connectivity index (χ0n) is 17.8. The minimum absolute atomic E-state index is 0.0923. The lowest BCUT2D eigenvalue weighted by atomic mass is 10.1. The Morgan fingerprint density at radius 1 is 1.13 bits per heavy atom. The highest BCUT2D eigenvalue weighted by Gasteiger charge is 2.29. The van der Waals surface area contributed by atoms with Crippen molar-refractivity contribution >= 4 is 40.7 Å². The van der Waals surface area contributed by atoms with Crippen LogP contribution in [0.4, 0.5) is 5.69 Å². The van der Waals surface area contributed by atoms with Crippen molar-refractivity contribution in [2.75, 3.05) is 0 Å². The van der Waals surface area contributed by atoms with Crippen LogP contribution in [0.5, 0.6) is 0 Å². The van der Waals surface area contributed by atoms with Crippen LogP contribution in [0.2, 0.25) is 10.0 Å². The van der Waals surface area contributed by atoms with Crippen LogP contribution in [0.15, 0.2) is 42.5 Å². The average molecular weight is 466 g/mol. The number of nitrogens with one attached hydrogen (secondary N) is 1. The van der Waals surface area contributed by atoms with Gasteiger partial charge in [-0.2, -0.15) is 0 Å². The third-order valence-electron chi connectivity index (χ3n) is 4.53. The molecular formula is C22H25Cl2N3O4. The molecular weight excluding hydrogens is 441 g/mol. The van der Waals surface area contributed by atoms with E-state index in [-0.39, 0.29) is 30.1 Å². The molecule has 0 aromatic heterocycles. The Bertz CT molecular complexity index is 989. The fourth-order valence-corrected chi connectivity index (χ4v) is 3.31. The fraction of sp³-hybridized carbons (Fsp3) is 0.364. The Hall–Kier alpha value is -2.64. The van der Waals surface area contributed by atoms with Gasteiger partial charge in [-0.1, -0.05) is 47.5 Å². The molecule has 2 aromatic carbocycles. The van der Waals surface area contributed by atoms with Gasteiger partial charge in [-0.05, 0) is 45.4 Å². The summed E-state index contributed by atoms with van der Waals surface area (Å²) < 4.78 is 0. The highest BCUT2D eigenvalue weighted by Crippen LogP contribution is 2.25. The molecule has 9 heteroatoms. The first-order valence-electron chi connectivity index (χ1n) is 9.67. The largest absolute Gasteiger partial charge is 0.350 e. The maximum Gasteiger partial charge on any atom is 0.273 e. The third-order valence-corrected chi connectivity index (χ3v) is 5.27. The summed E-state index contributed by atoms with van der Waals surface area (Å²) >= 11 is 12.1. The second-order valence-electron chi connectivity index (χ2n) is 8.25. The Morgan fingerprint density at radius 2 is 1.77 bits per heavy atom. The van der Waals surface area contributed by atoms with Crippen molar-refractivity contribution in [3.05, 3.63) is 73.8 Å². The quantitative estimate of drug-likeness (QED) is 0.470. The first-order chi connectivity index (χ1) is 14.4. The SMILES string of the molecule is CC(C(=O)NC(C)(C)C)N(Cc1ccc(Cl)c(Cl)c1)C(=O)Cc1ccccc1[N+](=O)[O-]. The molecule has 2 amide bonds. The van der Waals surface area contributed by atoms with E-state index in [1.807, 2.05) is 20.8 Å². The topological polar surface area (TPSA) is 92.6 Å². The molecule has 0 aliphatic heterocycles. The maximum absolute atomic E-state index is 13.2. The molecule has 2 aromatic rings. The van der Waals surface area contributed by atoms with Gasteiger partial charge in [-0.3, -0.25) is 19.7 Å². The van der Waals surface area contributed by atoms with Crippen molar-refractivity contribution in [3.63, 3.8) is 0 Å². The molecule has 0 saturated carbocycles. The third kappa shape index (κ3) is 6.94. The van der Waals surface area contributed by atoms with Crippen LogP contribution in [0.3, 0.4) is 0 Å². The van der Waals surface area contributed by atoms with E-state index in [1.165, 1.54) is 17.0 Å². The number of halogens is 2. The van der Waals surface area contributed by atoms with Crippen LogP contribution in [0.25, 0.3) is 0 Å². The van der Waals surface area contributed by atoms with Crippen molar-refractivity contribution in [1.29, 1.82) is 0 Å². The number of carbonyl (C=O) groups excluding carboxylic acids is 2. The Kier molecular flexibility index (Phi) is 8.03. The van der Waals surface area contributed by atoms with Crippen molar-refractivity contribution in [2.24, 2.45) is 0 Å². The van der Waals surface area contributed by atoms with E-state index < -0.39 is 22.4 Å². The molecule has 2 rings (SSSR count). The van der Waals surface area contributed by atoms with E-state index in [0.717, 1.165) is 0 Å².